The number of Topliss-reactive ketones (excluding diaryl/α,β-unsaturated/α-hetero) is 1. The molecule has 1 atom stereocenters. The Morgan fingerprint density at radius 2 is 1.70 bits per heavy atom. The molecule has 1 aromatic rings. The summed E-state index contributed by atoms with van der Waals surface area (Å²) in [4.78, 5) is 14.9. The van der Waals surface area contributed by atoms with Gasteiger partial charge < -0.3 is 4.74 Å². The molecule has 3 nitrogen and oxygen atoms in total. The molecule has 0 aliphatic carbocycles. The highest BCUT2D eigenvalue weighted by molar-refractivity contribution is 5.91. The smallest absolute Gasteiger partial charge is 0.171 e. The van der Waals surface area contributed by atoms with Crippen LogP contribution in [0.5, 0.6) is 0 Å². The van der Waals surface area contributed by atoms with Crippen LogP contribution in [0.4, 0.5) is 0 Å². The minimum atomic E-state index is -0.652. The van der Waals surface area contributed by atoms with Gasteiger partial charge in [-0.05, 0) is 38.8 Å². The van der Waals surface area contributed by atoms with Crippen molar-refractivity contribution in [2.45, 2.75) is 52.0 Å². The van der Waals surface area contributed by atoms with Crippen LogP contribution in [0.2, 0.25) is 0 Å². The summed E-state index contributed by atoms with van der Waals surface area (Å²) in [5.74, 6) is 0.185. The predicted molar refractivity (Wildman–Crippen MR) is 78.3 cm³/mol. The van der Waals surface area contributed by atoms with E-state index in [1.807, 2.05) is 27.7 Å². The Morgan fingerprint density at radius 1 is 1.15 bits per heavy atom. The summed E-state index contributed by atoms with van der Waals surface area (Å²) in [6.07, 6.45) is 0. The number of hydrogen-bond donors (Lipinski definition) is 0. The van der Waals surface area contributed by atoms with Gasteiger partial charge in [0.15, 0.2) is 5.78 Å². The Bertz CT molecular complexity index is 523. The summed E-state index contributed by atoms with van der Waals surface area (Å²) in [6.45, 7) is 10.5. The monoisotopic (exact) mass is 273 g/mol. The molecule has 1 unspecified atom stereocenters. The normalized spacial score (nSPS) is 27.8. The first-order valence-corrected chi connectivity index (χ1v) is 7.33. The van der Waals surface area contributed by atoms with Gasteiger partial charge in [0, 0.05) is 19.6 Å². The largest absolute Gasteiger partial charge is 0.361 e. The molecule has 0 bridgehead atoms. The molecule has 0 saturated carbocycles. The molecule has 1 saturated heterocycles. The summed E-state index contributed by atoms with van der Waals surface area (Å²) in [5.41, 5.74) is 1.74. The number of hydrogen-bond acceptors (Lipinski definition) is 3. The number of carbonyl (C=O) groups excluding carboxylic acids is 1. The van der Waals surface area contributed by atoms with E-state index < -0.39 is 5.60 Å². The molecular weight excluding hydrogens is 250 g/mol. The third kappa shape index (κ3) is 2.19. The highest BCUT2D eigenvalue weighted by Gasteiger charge is 2.53. The Labute approximate surface area is 120 Å². The molecule has 3 rings (SSSR count). The molecule has 108 valence electrons. The second kappa shape index (κ2) is 4.40. The molecule has 1 fully saturated rings. The summed E-state index contributed by atoms with van der Waals surface area (Å²) in [5, 5.41) is 0. The van der Waals surface area contributed by atoms with Crippen LogP contribution in [0, 0.1) is 5.92 Å². The zero-order valence-electron chi connectivity index (χ0n) is 12.8. The first-order valence-electron chi connectivity index (χ1n) is 7.33. The van der Waals surface area contributed by atoms with E-state index in [2.05, 4.69) is 29.2 Å². The van der Waals surface area contributed by atoms with E-state index >= 15 is 0 Å². The maximum Gasteiger partial charge on any atom is 0.171 e. The van der Waals surface area contributed by atoms with Crippen molar-refractivity contribution in [3.63, 3.8) is 0 Å². The summed E-state index contributed by atoms with van der Waals surface area (Å²) in [7, 11) is 0. The number of nitrogens with zero attached hydrogens (tertiary/aromatic N) is 1. The van der Waals surface area contributed by atoms with Crippen molar-refractivity contribution in [1.29, 1.82) is 0 Å². The highest BCUT2D eigenvalue weighted by atomic mass is 16.5. The van der Waals surface area contributed by atoms with Crippen LogP contribution in [-0.4, -0.2) is 28.4 Å². The number of ether oxygens (including phenoxy) is 1. The van der Waals surface area contributed by atoms with E-state index in [-0.39, 0.29) is 17.3 Å². The number of rotatable bonds is 2. The Hall–Kier alpha value is -1.19. The van der Waals surface area contributed by atoms with Gasteiger partial charge in [-0.15, -0.1) is 0 Å². The fourth-order valence-electron chi connectivity index (χ4n) is 3.61. The maximum absolute atomic E-state index is 12.6. The fourth-order valence-corrected chi connectivity index (χ4v) is 3.61. The molecular formula is C17H23NO2. The van der Waals surface area contributed by atoms with E-state index in [1.54, 1.807) is 0 Å². The molecule has 20 heavy (non-hydrogen) atoms. The van der Waals surface area contributed by atoms with Crippen molar-refractivity contribution in [1.82, 2.24) is 4.90 Å². The van der Waals surface area contributed by atoms with Gasteiger partial charge in [-0.25, -0.2) is 0 Å². The Morgan fingerprint density at radius 3 is 2.15 bits per heavy atom. The zero-order valence-corrected chi connectivity index (χ0v) is 12.8. The highest BCUT2D eigenvalue weighted by Crippen LogP contribution is 2.40. The lowest BCUT2D eigenvalue weighted by molar-refractivity contribution is -0.132. The van der Waals surface area contributed by atoms with Gasteiger partial charge >= 0.3 is 0 Å². The lowest BCUT2D eigenvalue weighted by atomic mass is 9.85. The molecule has 3 heteroatoms. The topological polar surface area (TPSA) is 29.5 Å². The lowest BCUT2D eigenvalue weighted by Gasteiger charge is -2.28. The SMILES string of the molecule is CC1(C)OC(C)(C)C(CN2Cc3ccccc3C2)C1=O. The van der Waals surface area contributed by atoms with Crippen molar-refractivity contribution >= 4 is 5.78 Å². The van der Waals surface area contributed by atoms with Gasteiger partial charge in [-0.1, -0.05) is 24.3 Å². The van der Waals surface area contributed by atoms with Gasteiger partial charge in [0.1, 0.15) is 5.60 Å². The first-order chi connectivity index (χ1) is 9.29. The van der Waals surface area contributed by atoms with Crippen molar-refractivity contribution in [3.8, 4) is 0 Å². The predicted octanol–water partition coefficient (Wildman–Crippen LogP) is 2.77. The van der Waals surface area contributed by atoms with Gasteiger partial charge in [0.2, 0.25) is 0 Å². The van der Waals surface area contributed by atoms with E-state index in [0.717, 1.165) is 19.6 Å². The molecule has 0 aromatic heterocycles. The van der Waals surface area contributed by atoms with Crippen molar-refractivity contribution < 1.29 is 9.53 Å². The fraction of sp³-hybridized carbons (Fsp3) is 0.588. The summed E-state index contributed by atoms with van der Waals surface area (Å²) >= 11 is 0. The standard InChI is InChI=1S/C17H23NO2/c1-16(2)14(15(19)17(3,4)20-16)11-18-9-12-7-5-6-8-13(12)10-18/h5-8,14H,9-11H2,1-4H3. The van der Waals surface area contributed by atoms with Crippen molar-refractivity contribution in [3.05, 3.63) is 35.4 Å². The average molecular weight is 273 g/mol. The molecule has 1 aromatic carbocycles. The van der Waals surface area contributed by atoms with Crippen LogP contribution in [0.25, 0.3) is 0 Å². The number of ketones is 1. The second-order valence-corrected chi connectivity index (χ2v) is 7.07. The average Bonchev–Trinajstić information content (AvgIpc) is 2.81. The van der Waals surface area contributed by atoms with Crippen LogP contribution in [0.3, 0.4) is 0 Å². The lowest BCUT2D eigenvalue weighted by Crippen LogP contribution is -2.39. The quantitative estimate of drug-likeness (QED) is 0.830. The summed E-state index contributed by atoms with van der Waals surface area (Å²) in [6, 6.07) is 8.52. The first kappa shape index (κ1) is 13.8. The van der Waals surface area contributed by atoms with Crippen molar-refractivity contribution in [2.24, 2.45) is 5.92 Å². The van der Waals surface area contributed by atoms with Crippen LogP contribution >= 0.6 is 0 Å². The van der Waals surface area contributed by atoms with E-state index in [0.29, 0.717) is 0 Å². The molecule has 2 aliphatic rings. The van der Waals surface area contributed by atoms with E-state index in [9.17, 15) is 4.79 Å². The number of carbonyl (C=O) groups is 1. The van der Waals surface area contributed by atoms with Gasteiger partial charge in [0.25, 0.3) is 0 Å². The molecule has 0 amide bonds. The minimum absolute atomic E-state index is 0.0492. The molecule has 2 aliphatic heterocycles. The minimum Gasteiger partial charge on any atom is -0.361 e. The van der Waals surface area contributed by atoms with Gasteiger partial charge in [-0.2, -0.15) is 0 Å². The molecule has 2 heterocycles. The molecule has 0 N–H and O–H groups in total. The van der Waals surface area contributed by atoms with Gasteiger partial charge in [0.05, 0.1) is 11.5 Å². The zero-order chi connectivity index (χ0) is 14.5. The number of benzene rings is 1. The van der Waals surface area contributed by atoms with Crippen LogP contribution in [0.15, 0.2) is 24.3 Å². The number of fused-ring (bicyclic) bond motifs is 1. The van der Waals surface area contributed by atoms with E-state index in [1.165, 1.54) is 11.1 Å². The van der Waals surface area contributed by atoms with Gasteiger partial charge in [-0.3, -0.25) is 9.69 Å². The Balaban J connectivity index is 1.75. The van der Waals surface area contributed by atoms with Crippen LogP contribution < -0.4 is 0 Å². The molecule has 0 spiro atoms. The van der Waals surface area contributed by atoms with Crippen molar-refractivity contribution in [2.75, 3.05) is 6.54 Å². The summed E-state index contributed by atoms with van der Waals surface area (Å²) < 4.78 is 5.97. The maximum atomic E-state index is 12.6. The third-order valence-electron chi connectivity index (χ3n) is 4.61. The van der Waals surface area contributed by atoms with E-state index in [4.69, 9.17) is 4.74 Å². The van der Waals surface area contributed by atoms with Crippen LogP contribution in [0.1, 0.15) is 38.8 Å². The van der Waals surface area contributed by atoms with Crippen LogP contribution in [-0.2, 0) is 22.6 Å². The Kier molecular flexibility index (Phi) is 3.03. The molecule has 0 radical (unpaired) electrons. The third-order valence-corrected chi connectivity index (χ3v) is 4.61. The second-order valence-electron chi connectivity index (χ2n) is 7.07.